The van der Waals surface area contributed by atoms with Crippen LogP contribution in [-0.4, -0.2) is 75.2 Å². The fraction of sp³-hybridized carbons (Fsp3) is 0.464. The molecule has 42 heavy (non-hydrogen) atoms. The van der Waals surface area contributed by atoms with Crippen LogP contribution >= 0.6 is 0 Å². The van der Waals surface area contributed by atoms with Crippen LogP contribution in [-0.2, 0) is 25.7 Å². The Hall–Kier alpha value is -4.20. The van der Waals surface area contributed by atoms with Gasteiger partial charge in [-0.2, -0.15) is 13.2 Å². The minimum Gasteiger partial charge on any atom is -0.481 e. The lowest BCUT2D eigenvalue weighted by Crippen LogP contribution is -2.55. The smallest absolute Gasteiger partial charge is 0.481 e. The van der Waals surface area contributed by atoms with Crippen LogP contribution in [0.25, 0.3) is 0 Å². The molecular formula is C28H36F3N5O6. The number of nitrogens with two attached hydrogens (primary N) is 1. The molecule has 3 atom stereocenters. The van der Waals surface area contributed by atoms with Crippen molar-refractivity contribution in [2.45, 2.75) is 70.3 Å². The van der Waals surface area contributed by atoms with Crippen molar-refractivity contribution < 1.29 is 42.6 Å². The van der Waals surface area contributed by atoms with Crippen molar-refractivity contribution in [2.75, 3.05) is 18.8 Å². The summed E-state index contributed by atoms with van der Waals surface area (Å²) in [6.07, 6.45) is -3.04. The summed E-state index contributed by atoms with van der Waals surface area (Å²) < 4.78 is 31.7. The van der Waals surface area contributed by atoms with Gasteiger partial charge in [-0.3, -0.25) is 19.3 Å². The number of piperidine rings is 1. The number of aromatic nitrogens is 1. The van der Waals surface area contributed by atoms with E-state index in [0.29, 0.717) is 38.3 Å². The molecule has 2 heterocycles. The van der Waals surface area contributed by atoms with Gasteiger partial charge >= 0.3 is 18.1 Å². The van der Waals surface area contributed by atoms with Gasteiger partial charge in [-0.15, -0.1) is 0 Å². The van der Waals surface area contributed by atoms with E-state index in [1.54, 1.807) is 13.0 Å². The number of anilines is 1. The first-order valence-electron chi connectivity index (χ1n) is 13.3. The predicted molar refractivity (Wildman–Crippen MR) is 147 cm³/mol. The van der Waals surface area contributed by atoms with Gasteiger partial charge in [-0.1, -0.05) is 36.4 Å². The Morgan fingerprint density at radius 2 is 1.76 bits per heavy atom. The predicted octanol–water partition coefficient (Wildman–Crippen LogP) is 2.84. The summed E-state index contributed by atoms with van der Waals surface area (Å²) in [6, 6.07) is 12.5. The van der Waals surface area contributed by atoms with E-state index >= 15 is 0 Å². The highest BCUT2D eigenvalue weighted by Crippen LogP contribution is 2.32. The van der Waals surface area contributed by atoms with Gasteiger partial charge in [-0.05, 0) is 69.3 Å². The van der Waals surface area contributed by atoms with Crippen molar-refractivity contribution in [1.29, 1.82) is 0 Å². The average Bonchev–Trinajstić information content (AvgIpc) is 2.92. The molecular weight excluding hydrogens is 559 g/mol. The van der Waals surface area contributed by atoms with E-state index in [1.165, 1.54) is 5.56 Å². The second-order valence-corrected chi connectivity index (χ2v) is 9.91. The topological polar surface area (TPSA) is 175 Å². The molecule has 0 unspecified atom stereocenters. The van der Waals surface area contributed by atoms with Crippen LogP contribution in [0.3, 0.4) is 0 Å². The number of amides is 2. The zero-order valence-corrected chi connectivity index (χ0v) is 23.4. The number of alkyl halides is 3. The van der Waals surface area contributed by atoms with E-state index < -0.39 is 30.2 Å². The number of nitrogen functional groups attached to an aromatic ring is 1. The van der Waals surface area contributed by atoms with Crippen molar-refractivity contribution in [3.63, 3.8) is 0 Å². The number of carbonyl (C=O) groups is 4. The molecule has 1 saturated heterocycles. The van der Waals surface area contributed by atoms with Crippen molar-refractivity contribution in [1.82, 2.24) is 20.5 Å². The van der Waals surface area contributed by atoms with E-state index in [2.05, 4.69) is 27.8 Å². The molecule has 11 nitrogen and oxygen atoms in total. The van der Waals surface area contributed by atoms with Gasteiger partial charge in [0.25, 0.3) is 0 Å². The van der Waals surface area contributed by atoms with E-state index in [1.807, 2.05) is 36.1 Å². The average molecular weight is 596 g/mol. The first kappa shape index (κ1) is 34.0. The Morgan fingerprint density at radius 3 is 2.33 bits per heavy atom. The number of halogens is 3. The molecule has 1 aliphatic heterocycles. The summed E-state index contributed by atoms with van der Waals surface area (Å²) >= 11 is 0. The first-order valence-corrected chi connectivity index (χ1v) is 13.3. The second-order valence-electron chi connectivity index (χ2n) is 9.91. The molecule has 0 radical (unpaired) electrons. The van der Waals surface area contributed by atoms with Gasteiger partial charge in [0.15, 0.2) is 0 Å². The number of aliphatic carboxylic acids is 2. The Labute approximate surface area is 241 Å². The van der Waals surface area contributed by atoms with Crippen LogP contribution in [0.2, 0.25) is 0 Å². The number of rotatable bonds is 10. The second kappa shape index (κ2) is 15.7. The fourth-order valence-electron chi connectivity index (χ4n) is 4.52. The molecule has 1 aromatic carbocycles. The van der Waals surface area contributed by atoms with Crippen molar-refractivity contribution in [3.05, 3.63) is 59.3 Å². The number of pyridine rings is 1. The monoisotopic (exact) mass is 595 g/mol. The molecule has 0 saturated carbocycles. The number of carboxylic acids is 2. The summed E-state index contributed by atoms with van der Waals surface area (Å²) in [5.41, 5.74) is 8.47. The first-order chi connectivity index (χ1) is 19.7. The van der Waals surface area contributed by atoms with Gasteiger partial charge in [0.05, 0.1) is 6.04 Å². The van der Waals surface area contributed by atoms with Gasteiger partial charge in [0.2, 0.25) is 11.8 Å². The van der Waals surface area contributed by atoms with Gasteiger partial charge in [0.1, 0.15) is 11.9 Å². The SMILES string of the molecule is Cc1nc(N)ccc1CNC(=O)[C@H](C)NC(=O)[C@H]1C[C@@H](c2ccccc2)CCN1CCCC(=O)O.O=C(O)C(F)(F)F. The van der Waals surface area contributed by atoms with Crippen LogP contribution in [0.1, 0.15) is 55.3 Å². The lowest BCUT2D eigenvalue weighted by molar-refractivity contribution is -0.192. The van der Waals surface area contributed by atoms with E-state index in [0.717, 1.165) is 17.7 Å². The fourth-order valence-corrected chi connectivity index (χ4v) is 4.52. The highest BCUT2D eigenvalue weighted by molar-refractivity contribution is 5.89. The molecule has 230 valence electrons. The van der Waals surface area contributed by atoms with E-state index in [4.69, 9.17) is 20.7 Å². The van der Waals surface area contributed by atoms with E-state index in [-0.39, 0.29) is 24.2 Å². The highest BCUT2D eigenvalue weighted by Gasteiger charge is 2.38. The highest BCUT2D eigenvalue weighted by atomic mass is 19.4. The maximum absolute atomic E-state index is 13.3. The molecule has 0 bridgehead atoms. The molecule has 1 fully saturated rings. The third kappa shape index (κ3) is 11.0. The maximum atomic E-state index is 13.3. The van der Waals surface area contributed by atoms with Crippen molar-refractivity contribution in [2.24, 2.45) is 0 Å². The number of hydrogen-bond acceptors (Lipinski definition) is 7. The van der Waals surface area contributed by atoms with Crippen molar-refractivity contribution in [3.8, 4) is 0 Å². The lowest BCUT2D eigenvalue weighted by Gasteiger charge is -2.39. The number of nitrogens with one attached hydrogen (secondary N) is 2. The summed E-state index contributed by atoms with van der Waals surface area (Å²) in [6.45, 7) is 5.00. The number of carboxylic acid groups (broad SMARTS) is 2. The molecule has 0 spiro atoms. The molecule has 1 aromatic heterocycles. The number of likely N-dealkylation sites (tertiary alicyclic amines) is 1. The third-order valence-corrected chi connectivity index (χ3v) is 6.79. The quantitative estimate of drug-likeness (QED) is 0.277. The third-order valence-electron chi connectivity index (χ3n) is 6.79. The number of hydrogen-bond donors (Lipinski definition) is 5. The number of carbonyl (C=O) groups excluding carboxylic acids is 2. The molecule has 3 rings (SSSR count). The molecule has 14 heteroatoms. The normalized spacial score (nSPS) is 17.7. The van der Waals surface area contributed by atoms with Gasteiger partial charge < -0.3 is 26.6 Å². The molecule has 1 aliphatic rings. The standard InChI is InChI=1S/C26H35N5O4.C2HF3O2/c1-17-21(10-11-23(27)29-17)16-28-25(34)18(2)30-26(35)22-15-20(19-7-4-3-5-8-19)12-14-31(22)13-6-9-24(32)33;3-2(4,5)1(6)7/h3-5,7-8,10-11,18,20,22H,6,9,12-16H2,1-2H3,(H2,27,29)(H,28,34)(H,30,35)(H,32,33);(H,6,7)/t18-,20-,22+;/m0./s1. The van der Waals surface area contributed by atoms with Crippen LogP contribution in [0.15, 0.2) is 42.5 Å². The Kier molecular flexibility index (Phi) is 12.7. The largest absolute Gasteiger partial charge is 0.490 e. The molecule has 2 amide bonds. The Balaban J connectivity index is 0.000000782. The summed E-state index contributed by atoms with van der Waals surface area (Å²) in [4.78, 5) is 52.1. The Bertz CT molecular complexity index is 1230. The number of aryl methyl sites for hydroxylation is 1. The zero-order chi connectivity index (χ0) is 31.4. The van der Waals surface area contributed by atoms with Crippen LogP contribution in [0.5, 0.6) is 0 Å². The maximum Gasteiger partial charge on any atom is 0.490 e. The Morgan fingerprint density at radius 1 is 1.12 bits per heavy atom. The van der Waals surface area contributed by atoms with Gasteiger partial charge in [-0.25, -0.2) is 9.78 Å². The van der Waals surface area contributed by atoms with Crippen LogP contribution in [0.4, 0.5) is 19.0 Å². The summed E-state index contributed by atoms with van der Waals surface area (Å²) in [5.74, 6) is -3.45. The van der Waals surface area contributed by atoms with Crippen LogP contribution in [0, 0.1) is 6.92 Å². The van der Waals surface area contributed by atoms with E-state index in [9.17, 15) is 27.6 Å². The minimum absolute atomic E-state index is 0.0607. The summed E-state index contributed by atoms with van der Waals surface area (Å²) in [5, 5.41) is 21.8. The van der Waals surface area contributed by atoms with Gasteiger partial charge in [0, 0.05) is 18.7 Å². The zero-order valence-electron chi connectivity index (χ0n) is 23.4. The summed E-state index contributed by atoms with van der Waals surface area (Å²) in [7, 11) is 0. The molecule has 2 aromatic rings. The van der Waals surface area contributed by atoms with Crippen LogP contribution < -0.4 is 16.4 Å². The number of benzene rings is 1. The minimum atomic E-state index is -5.08. The van der Waals surface area contributed by atoms with Crippen molar-refractivity contribution >= 4 is 29.6 Å². The lowest BCUT2D eigenvalue weighted by atomic mass is 9.84. The molecule has 0 aliphatic carbocycles. The number of nitrogens with zero attached hydrogens (tertiary/aromatic N) is 2. The molecule has 6 N–H and O–H groups in total.